The van der Waals surface area contributed by atoms with Crippen LogP contribution in [0.4, 0.5) is 5.69 Å². The third kappa shape index (κ3) is 2.72. The van der Waals surface area contributed by atoms with Gasteiger partial charge in [-0.3, -0.25) is 4.79 Å². The van der Waals surface area contributed by atoms with E-state index >= 15 is 0 Å². The molecular weight excluding hydrogens is 254 g/mol. The molecule has 0 bridgehead atoms. The Bertz CT molecular complexity index is 496. The maximum atomic E-state index is 12.3. The molecule has 0 aliphatic heterocycles. The van der Waals surface area contributed by atoms with E-state index in [1.54, 1.807) is 25.3 Å². The normalized spacial score (nSPS) is 16.6. The average molecular weight is 277 g/mol. The van der Waals surface area contributed by atoms with Crippen LogP contribution in [0.3, 0.4) is 0 Å². The number of carbonyl (C=O) groups is 1. The van der Waals surface area contributed by atoms with Crippen molar-refractivity contribution in [2.24, 2.45) is 0 Å². The van der Waals surface area contributed by atoms with Gasteiger partial charge in [0.25, 0.3) is 5.91 Å². The van der Waals surface area contributed by atoms with Crippen LogP contribution in [-0.2, 0) is 0 Å². The molecule has 1 saturated carbocycles. The standard InChI is InChI=1S/C15H23N3O2/c1-18(2)15(7-4-8-15)10-17-14(19)12-9-11(20-3)5-6-13(12)16/h5-6,9H,4,7-8,10,16H2,1-3H3,(H,17,19). The van der Waals surface area contributed by atoms with Crippen LogP contribution in [0.25, 0.3) is 0 Å². The number of likely N-dealkylation sites (N-methyl/N-ethyl adjacent to an activating group) is 1. The predicted molar refractivity (Wildman–Crippen MR) is 80.0 cm³/mol. The summed E-state index contributed by atoms with van der Waals surface area (Å²) < 4.78 is 5.13. The highest BCUT2D eigenvalue weighted by atomic mass is 16.5. The topological polar surface area (TPSA) is 67.6 Å². The van der Waals surface area contributed by atoms with Crippen molar-refractivity contribution in [2.45, 2.75) is 24.8 Å². The van der Waals surface area contributed by atoms with Crippen molar-refractivity contribution in [3.63, 3.8) is 0 Å². The fourth-order valence-electron chi connectivity index (χ4n) is 2.57. The first kappa shape index (κ1) is 14.7. The Labute approximate surface area is 120 Å². The number of methoxy groups -OCH3 is 1. The van der Waals surface area contributed by atoms with Crippen molar-refractivity contribution < 1.29 is 9.53 Å². The quantitative estimate of drug-likeness (QED) is 0.800. The molecule has 20 heavy (non-hydrogen) atoms. The number of hydrogen-bond donors (Lipinski definition) is 2. The SMILES string of the molecule is COc1ccc(N)c(C(=O)NCC2(N(C)C)CCC2)c1. The minimum Gasteiger partial charge on any atom is -0.497 e. The fraction of sp³-hybridized carbons (Fsp3) is 0.533. The van der Waals surface area contributed by atoms with Crippen LogP contribution in [0.15, 0.2) is 18.2 Å². The summed E-state index contributed by atoms with van der Waals surface area (Å²) in [6.45, 7) is 0.648. The van der Waals surface area contributed by atoms with Crippen molar-refractivity contribution in [2.75, 3.05) is 33.5 Å². The molecule has 5 heteroatoms. The molecule has 0 radical (unpaired) electrons. The van der Waals surface area contributed by atoms with Gasteiger partial charge in [0.2, 0.25) is 0 Å². The molecule has 2 rings (SSSR count). The summed E-state index contributed by atoms with van der Waals surface area (Å²) >= 11 is 0. The van der Waals surface area contributed by atoms with Crippen LogP contribution in [0, 0.1) is 0 Å². The first-order chi connectivity index (χ1) is 9.48. The number of ether oxygens (including phenoxy) is 1. The van der Waals surface area contributed by atoms with Gasteiger partial charge in [-0.2, -0.15) is 0 Å². The number of nitrogens with two attached hydrogens (primary N) is 1. The van der Waals surface area contributed by atoms with Crippen LogP contribution in [0.2, 0.25) is 0 Å². The summed E-state index contributed by atoms with van der Waals surface area (Å²) in [6, 6.07) is 5.12. The lowest BCUT2D eigenvalue weighted by Crippen LogP contribution is -2.57. The molecule has 0 unspecified atom stereocenters. The highest BCUT2D eigenvalue weighted by Crippen LogP contribution is 2.35. The van der Waals surface area contributed by atoms with Crippen LogP contribution in [-0.4, -0.2) is 44.1 Å². The number of amides is 1. The van der Waals surface area contributed by atoms with E-state index in [0.717, 1.165) is 12.8 Å². The van der Waals surface area contributed by atoms with Crippen molar-refractivity contribution >= 4 is 11.6 Å². The molecule has 1 fully saturated rings. The minimum atomic E-state index is -0.144. The molecular formula is C15H23N3O2. The molecule has 0 saturated heterocycles. The third-order valence-electron chi connectivity index (χ3n) is 4.32. The van der Waals surface area contributed by atoms with Gasteiger partial charge in [-0.25, -0.2) is 0 Å². The zero-order valence-corrected chi connectivity index (χ0v) is 12.4. The molecule has 1 aliphatic rings. The Kier molecular flexibility index (Phi) is 4.18. The number of nitrogens with zero attached hydrogens (tertiary/aromatic N) is 1. The fourth-order valence-corrected chi connectivity index (χ4v) is 2.57. The van der Waals surface area contributed by atoms with Gasteiger partial charge in [0, 0.05) is 17.8 Å². The first-order valence-electron chi connectivity index (χ1n) is 6.88. The van der Waals surface area contributed by atoms with E-state index in [4.69, 9.17) is 10.5 Å². The van der Waals surface area contributed by atoms with Gasteiger partial charge in [0.1, 0.15) is 5.75 Å². The molecule has 1 aromatic carbocycles. The second-order valence-corrected chi connectivity index (χ2v) is 5.61. The van der Waals surface area contributed by atoms with Crippen molar-refractivity contribution in [3.05, 3.63) is 23.8 Å². The smallest absolute Gasteiger partial charge is 0.253 e. The average Bonchev–Trinajstić information content (AvgIpc) is 2.37. The zero-order chi connectivity index (χ0) is 14.8. The molecule has 1 aliphatic carbocycles. The lowest BCUT2D eigenvalue weighted by molar-refractivity contribution is 0.0558. The van der Waals surface area contributed by atoms with E-state index in [2.05, 4.69) is 24.3 Å². The van der Waals surface area contributed by atoms with E-state index in [1.165, 1.54) is 6.42 Å². The molecule has 0 heterocycles. The lowest BCUT2D eigenvalue weighted by atomic mass is 9.75. The predicted octanol–water partition coefficient (Wildman–Crippen LogP) is 1.49. The van der Waals surface area contributed by atoms with E-state index in [9.17, 15) is 4.79 Å². The summed E-state index contributed by atoms with van der Waals surface area (Å²) in [7, 11) is 5.69. The van der Waals surface area contributed by atoms with Gasteiger partial charge in [-0.05, 0) is 51.6 Å². The number of carbonyl (C=O) groups excluding carboxylic acids is 1. The van der Waals surface area contributed by atoms with E-state index in [0.29, 0.717) is 23.5 Å². The van der Waals surface area contributed by atoms with Crippen LogP contribution >= 0.6 is 0 Å². The molecule has 0 aromatic heterocycles. The van der Waals surface area contributed by atoms with Crippen LogP contribution in [0.1, 0.15) is 29.6 Å². The summed E-state index contributed by atoms with van der Waals surface area (Å²) in [5, 5.41) is 3.00. The number of anilines is 1. The Morgan fingerprint density at radius 3 is 2.65 bits per heavy atom. The Morgan fingerprint density at radius 1 is 1.45 bits per heavy atom. The van der Waals surface area contributed by atoms with Crippen molar-refractivity contribution in [1.29, 1.82) is 0 Å². The second-order valence-electron chi connectivity index (χ2n) is 5.61. The molecule has 3 N–H and O–H groups in total. The van der Waals surface area contributed by atoms with E-state index < -0.39 is 0 Å². The molecule has 0 atom stereocenters. The largest absolute Gasteiger partial charge is 0.497 e. The third-order valence-corrected chi connectivity index (χ3v) is 4.32. The summed E-state index contributed by atoms with van der Waals surface area (Å²) in [4.78, 5) is 14.5. The maximum Gasteiger partial charge on any atom is 0.253 e. The summed E-state index contributed by atoms with van der Waals surface area (Å²) in [6.07, 6.45) is 3.46. The zero-order valence-electron chi connectivity index (χ0n) is 12.4. The molecule has 0 spiro atoms. The van der Waals surface area contributed by atoms with E-state index in [-0.39, 0.29) is 11.4 Å². The summed E-state index contributed by atoms with van der Waals surface area (Å²) in [5.74, 6) is 0.491. The Hall–Kier alpha value is -1.75. The van der Waals surface area contributed by atoms with Crippen molar-refractivity contribution in [1.82, 2.24) is 10.2 Å². The highest BCUT2D eigenvalue weighted by molar-refractivity contribution is 5.99. The number of hydrogen-bond acceptors (Lipinski definition) is 4. The monoisotopic (exact) mass is 277 g/mol. The van der Waals surface area contributed by atoms with Crippen LogP contribution < -0.4 is 15.8 Å². The van der Waals surface area contributed by atoms with Crippen LogP contribution in [0.5, 0.6) is 5.75 Å². The lowest BCUT2D eigenvalue weighted by Gasteiger charge is -2.47. The van der Waals surface area contributed by atoms with Gasteiger partial charge in [0.05, 0.1) is 12.7 Å². The minimum absolute atomic E-state index is 0.100. The van der Waals surface area contributed by atoms with E-state index in [1.807, 2.05) is 0 Å². The first-order valence-corrected chi connectivity index (χ1v) is 6.88. The van der Waals surface area contributed by atoms with Crippen molar-refractivity contribution in [3.8, 4) is 5.75 Å². The Balaban J connectivity index is 2.05. The second kappa shape index (κ2) is 5.71. The molecule has 1 amide bonds. The van der Waals surface area contributed by atoms with Gasteiger partial charge < -0.3 is 20.7 Å². The molecule has 5 nitrogen and oxygen atoms in total. The van der Waals surface area contributed by atoms with Gasteiger partial charge >= 0.3 is 0 Å². The van der Waals surface area contributed by atoms with Gasteiger partial charge in [-0.1, -0.05) is 0 Å². The summed E-state index contributed by atoms with van der Waals surface area (Å²) in [5.41, 5.74) is 6.90. The number of nitrogens with one attached hydrogen (secondary N) is 1. The molecule has 110 valence electrons. The van der Waals surface area contributed by atoms with Gasteiger partial charge in [-0.15, -0.1) is 0 Å². The number of rotatable bonds is 5. The number of nitrogen functional groups attached to an aromatic ring is 1. The number of benzene rings is 1. The molecule has 1 aromatic rings. The Morgan fingerprint density at radius 2 is 2.15 bits per heavy atom. The van der Waals surface area contributed by atoms with Gasteiger partial charge in [0.15, 0.2) is 0 Å². The maximum absolute atomic E-state index is 12.3. The highest BCUT2D eigenvalue weighted by Gasteiger charge is 2.39.